The molecular weight excluding hydrogens is 236 g/mol. The number of allylic oxidation sites excluding steroid dienone is 2. The van der Waals surface area contributed by atoms with Crippen LogP contribution >= 0.6 is 0 Å². The molecule has 0 aliphatic heterocycles. The molecule has 19 heavy (non-hydrogen) atoms. The van der Waals surface area contributed by atoms with Crippen LogP contribution in [-0.4, -0.2) is 12.6 Å². The molecule has 94 valence electrons. The molecule has 2 heteroatoms. The Morgan fingerprint density at radius 3 is 2.79 bits per heavy atom. The molecule has 0 aromatic heterocycles. The van der Waals surface area contributed by atoms with E-state index in [1.54, 1.807) is 0 Å². The molecule has 0 bridgehead atoms. The van der Waals surface area contributed by atoms with Gasteiger partial charge in [-0.1, -0.05) is 48.5 Å². The molecule has 0 N–H and O–H groups in total. The van der Waals surface area contributed by atoms with Crippen LogP contribution in [-0.2, 0) is 9.53 Å². The molecule has 0 heterocycles. The first kappa shape index (κ1) is 14.4. The molecule has 0 spiro atoms. The molecule has 1 aromatic carbocycles. The van der Waals surface area contributed by atoms with Gasteiger partial charge in [0.25, 0.3) is 0 Å². The third kappa shape index (κ3) is 7.26. The van der Waals surface area contributed by atoms with Crippen LogP contribution in [0.25, 0.3) is 0 Å². The Hall–Kier alpha value is -2.71. The van der Waals surface area contributed by atoms with Crippen LogP contribution in [0.4, 0.5) is 0 Å². The summed E-state index contributed by atoms with van der Waals surface area (Å²) in [5, 5.41) is 0. The predicted molar refractivity (Wildman–Crippen MR) is 76.0 cm³/mol. The number of carbonyl (C=O) groups is 1. The SMILES string of the molecule is C=CC#CCCOC(=O)/C=C\C#Cc1ccccc1. The highest BCUT2D eigenvalue weighted by Crippen LogP contribution is 1.94. The summed E-state index contributed by atoms with van der Waals surface area (Å²) in [6, 6.07) is 9.54. The van der Waals surface area contributed by atoms with E-state index in [-0.39, 0.29) is 6.61 Å². The van der Waals surface area contributed by atoms with Crippen LogP contribution in [0.2, 0.25) is 0 Å². The number of esters is 1. The van der Waals surface area contributed by atoms with Gasteiger partial charge in [-0.05, 0) is 24.3 Å². The number of benzene rings is 1. The van der Waals surface area contributed by atoms with Crippen LogP contribution in [0.5, 0.6) is 0 Å². The number of hydrogen-bond donors (Lipinski definition) is 0. The lowest BCUT2D eigenvalue weighted by Gasteiger charge is -1.95. The van der Waals surface area contributed by atoms with Gasteiger partial charge in [0.15, 0.2) is 0 Å². The van der Waals surface area contributed by atoms with E-state index in [0.29, 0.717) is 6.42 Å². The van der Waals surface area contributed by atoms with E-state index < -0.39 is 5.97 Å². The van der Waals surface area contributed by atoms with E-state index in [1.807, 2.05) is 30.3 Å². The summed E-state index contributed by atoms with van der Waals surface area (Å²) in [7, 11) is 0. The van der Waals surface area contributed by atoms with Crippen molar-refractivity contribution in [1.29, 1.82) is 0 Å². The van der Waals surface area contributed by atoms with Crippen molar-refractivity contribution < 1.29 is 9.53 Å². The average molecular weight is 250 g/mol. The Balaban J connectivity index is 2.31. The average Bonchev–Trinajstić information content (AvgIpc) is 2.44. The maximum absolute atomic E-state index is 11.2. The van der Waals surface area contributed by atoms with Gasteiger partial charge in [-0.3, -0.25) is 0 Å². The Morgan fingerprint density at radius 1 is 1.26 bits per heavy atom. The lowest BCUT2D eigenvalue weighted by molar-refractivity contribution is -0.137. The van der Waals surface area contributed by atoms with Crippen molar-refractivity contribution >= 4 is 5.97 Å². The molecule has 0 unspecified atom stereocenters. The summed E-state index contributed by atoms with van der Waals surface area (Å²) in [5.41, 5.74) is 0.903. The second-order valence-electron chi connectivity index (χ2n) is 3.41. The minimum Gasteiger partial charge on any atom is -0.461 e. The first-order chi connectivity index (χ1) is 9.33. The first-order valence-electron chi connectivity index (χ1n) is 5.82. The van der Waals surface area contributed by atoms with Crippen molar-refractivity contribution in [3.8, 4) is 23.7 Å². The normalized spacial score (nSPS) is 8.84. The van der Waals surface area contributed by atoms with Gasteiger partial charge in [0.2, 0.25) is 0 Å². The number of ether oxygens (including phenoxy) is 1. The van der Waals surface area contributed by atoms with Gasteiger partial charge in [0.1, 0.15) is 6.61 Å². The van der Waals surface area contributed by atoms with Crippen molar-refractivity contribution in [3.63, 3.8) is 0 Å². The van der Waals surface area contributed by atoms with E-state index in [0.717, 1.165) is 5.56 Å². The molecule has 0 saturated heterocycles. The van der Waals surface area contributed by atoms with Crippen LogP contribution in [0.1, 0.15) is 12.0 Å². The summed E-state index contributed by atoms with van der Waals surface area (Å²) in [6.07, 6.45) is 4.78. The van der Waals surface area contributed by atoms with Crippen molar-refractivity contribution in [3.05, 3.63) is 60.7 Å². The van der Waals surface area contributed by atoms with E-state index >= 15 is 0 Å². The summed E-state index contributed by atoms with van der Waals surface area (Å²) in [6.45, 7) is 3.73. The zero-order valence-electron chi connectivity index (χ0n) is 10.6. The molecule has 0 saturated carbocycles. The molecule has 0 aliphatic rings. The fraction of sp³-hybridized carbons (Fsp3) is 0.118. The molecule has 0 radical (unpaired) electrons. The standard InChI is InChI=1S/C17H14O2/c1-2-3-4-10-15-19-17(18)14-9-8-13-16-11-6-5-7-12-16/h2,5-7,9,11-12,14H,1,10,15H2/b14-9-. The fourth-order valence-corrected chi connectivity index (χ4v) is 1.15. The zero-order chi connectivity index (χ0) is 13.8. The highest BCUT2D eigenvalue weighted by molar-refractivity contribution is 5.82. The molecule has 1 aromatic rings. The molecule has 0 fully saturated rings. The minimum atomic E-state index is -0.414. The van der Waals surface area contributed by atoms with Gasteiger partial charge in [0.05, 0.1) is 0 Å². The number of carbonyl (C=O) groups excluding carboxylic acids is 1. The molecule has 0 aliphatic carbocycles. The predicted octanol–water partition coefficient (Wildman–Crippen LogP) is 2.72. The first-order valence-corrected chi connectivity index (χ1v) is 5.82. The van der Waals surface area contributed by atoms with E-state index in [4.69, 9.17) is 4.74 Å². The number of rotatable bonds is 3. The molecule has 1 rings (SSSR count). The summed E-state index contributed by atoms with van der Waals surface area (Å²) in [4.78, 5) is 11.2. The third-order valence-electron chi connectivity index (χ3n) is 1.97. The second-order valence-corrected chi connectivity index (χ2v) is 3.41. The van der Waals surface area contributed by atoms with E-state index in [2.05, 4.69) is 30.3 Å². The Morgan fingerprint density at radius 2 is 2.05 bits per heavy atom. The van der Waals surface area contributed by atoms with Gasteiger partial charge in [-0.15, -0.1) is 0 Å². The van der Waals surface area contributed by atoms with Gasteiger partial charge >= 0.3 is 5.97 Å². The van der Waals surface area contributed by atoms with Gasteiger partial charge in [0, 0.05) is 18.1 Å². The van der Waals surface area contributed by atoms with E-state index in [9.17, 15) is 4.79 Å². The topological polar surface area (TPSA) is 26.3 Å². The van der Waals surface area contributed by atoms with Gasteiger partial charge in [-0.25, -0.2) is 4.79 Å². The van der Waals surface area contributed by atoms with Crippen molar-refractivity contribution in [2.45, 2.75) is 6.42 Å². The van der Waals surface area contributed by atoms with Crippen molar-refractivity contribution in [1.82, 2.24) is 0 Å². The monoisotopic (exact) mass is 250 g/mol. The molecule has 0 atom stereocenters. The fourth-order valence-electron chi connectivity index (χ4n) is 1.15. The smallest absolute Gasteiger partial charge is 0.331 e. The maximum atomic E-state index is 11.2. The zero-order valence-corrected chi connectivity index (χ0v) is 10.6. The highest BCUT2D eigenvalue weighted by Gasteiger charge is 1.93. The summed E-state index contributed by atoms with van der Waals surface area (Å²) >= 11 is 0. The Kier molecular flexibility index (Phi) is 7.05. The molecule has 2 nitrogen and oxygen atoms in total. The minimum absolute atomic E-state index is 0.274. The van der Waals surface area contributed by atoms with Crippen LogP contribution in [0.15, 0.2) is 55.1 Å². The highest BCUT2D eigenvalue weighted by atomic mass is 16.5. The maximum Gasteiger partial charge on any atom is 0.331 e. The lowest BCUT2D eigenvalue weighted by Crippen LogP contribution is -2.01. The Bertz CT molecular complexity index is 560. The van der Waals surface area contributed by atoms with Crippen LogP contribution in [0, 0.1) is 23.7 Å². The summed E-state index contributed by atoms with van der Waals surface area (Å²) < 4.78 is 4.91. The van der Waals surface area contributed by atoms with Gasteiger partial charge < -0.3 is 4.74 Å². The van der Waals surface area contributed by atoms with Crippen molar-refractivity contribution in [2.75, 3.05) is 6.61 Å². The third-order valence-corrected chi connectivity index (χ3v) is 1.97. The summed E-state index contributed by atoms with van der Waals surface area (Å²) in [5.74, 6) is 10.7. The number of hydrogen-bond acceptors (Lipinski definition) is 2. The quantitative estimate of drug-likeness (QED) is 0.357. The molecular formula is C17H14O2. The van der Waals surface area contributed by atoms with Crippen LogP contribution < -0.4 is 0 Å². The van der Waals surface area contributed by atoms with Crippen LogP contribution in [0.3, 0.4) is 0 Å². The Labute approximate surface area is 113 Å². The largest absolute Gasteiger partial charge is 0.461 e. The second kappa shape index (κ2) is 9.33. The van der Waals surface area contributed by atoms with Crippen molar-refractivity contribution in [2.24, 2.45) is 0 Å². The van der Waals surface area contributed by atoms with E-state index in [1.165, 1.54) is 18.2 Å². The van der Waals surface area contributed by atoms with Gasteiger partial charge in [-0.2, -0.15) is 0 Å². The molecule has 0 amide bonds. The lowest BCUT2D eigenvalue weighted by atomic mass is 10.2.